The lowest BCUT2D eigenvalue weighted by atomic mass is 10.1. The highest BCUT2D eigenvalue weighted by molar-refractivity contribution is 6.04. The largest absolute Gasteiger partial charge is 0.369 e. The summed E-state index contributed by atoms with van der Waals surface area (Å²) in [6.07, 6.45) is 1.77. The summed E-state index contributed by atoms with van der Waals surface area (Å²) >= 11 is 0. The fourth-order valence-electron chi connectivity index (χ4n) is 2.24. The number of nitrogens with two attached hydrogens (primary N) is 2. The van der Waals surface area contributed by atoms with Crippen LogP contribution >= 0.6 is 0 Å². The third-order valence-corrected chi connectivity index (χ3v) is 2.99. The number of aryl methyl sites for hydroxylation is 1. The minimum absolute atomic E-state index is 0.101. The van der Waals surface area contributed by atoms with E-state index in [1.807, 2.05) is 12.1 Å². The van der Waals surface area contributed by atoms with Gasteiger partial charge in [-0.2, -0.15) is 5.10 Å². The van der Waals surface area contributed by atoms with E-state index in [2.05, 4.69) is 15.1 Å². The molecule has 0 spiro atoms. The van der Waals surface area contributed by atoms with Crippen molar-refractivity contribution in [2.45, 2.75) is 6.42 Å². The Labute approximate surface area is 108 Å². The molecular weight excluding hydrogens is 244 g/mol. The van der Waals surface area contributed by atoms with Crippen LogP contribution in [0.1, 0.15) is 5.69 Å². The van der Waals surface area contributed by atoms with Crippen LogP contribution in [0.3, 0.4) is 0 Å². The second-order valence-corrected chi connectivity index (χ2v) is 4.34. The van der Waals surface area contributed by atoms with Gasteiger partial charge in [-0.15, -0.1) is 0 Å². The molecule has 2 heterocycles. The second kappa shape index (κ2) is 3.91. The number of nitrogens with zero attached hydrogens (tertiary/aromatic N) is 4. The monoisotopic (exact) mass is 256 g/mol. The van der Waals surface area contributed by atoms with Gasteiger partial charge in [-0.3, -0.25) is 9.48 Å². The van der Waals surface area contributed by atoms with E-state index in [-0.39, 0.29) is 12.4 Å². The van der Waals surface area contributed by atoms with Crippen molar-refractivity contribution >= 4 is 33.7 Å². The Morgan fingerprint density at radius 1 is 1.42 bits per heavy atom. The zero-order valence-corrected chi connectivity index (χ0v) is 10.3. The number of aromatic nitrogens is 4. The molecule has 7 nitrogen and oxygen atoms in total. The van der Waals surface area contributed by atoms with E-state index in [0.717, 1.165) is 21.8 Å². The van der Waals surface area contributed by atoms with E-state index in [9.17, 15) is 4.79 Å². The predicted molar refractivity (Wildman–Crippen MR) is 71.1 cm³/mol. The molecular formula is C12H12N6O. The van der Waals surface area contributed by atoms with E-state index in [4.69, 9.17) is 11.5 Å². The number of rotatable bonds is 2. The number of carbonyl (C=O) groups excluding carboxylic acids is 1. The second-order valence-electron chi connectivity index (χ2n) is 4.34. The van der Waals surface area contributed by atoms with E-state index in [1.165, 1.54) is 0 Å². The quantitative estimate of drug-likeness (QED) is 0.676. The van der Waals surface area contributed by atoms with Gasteiger partial charge in [-0.1, -0.05) is 12.1 Å². The van der Waals surface area contributed by atoms with Gasteiger partial charge in [0.2, 0.25) is 11.9 Å². The van der Waals surface area contributed by atoms with Crippen LogP contribution in [-0.4, -0.2) is 25.7 Å². The first-order valence-electron chi connectivity index (χ1n) is 5.71. The number of primary amides is 1. The number of hydrogen-bond acceptors (Lipinski definition) is 5. The Balaban J connectivity index is 2.39. The Kier molecular flexibility index (Phi) is 2.34. The third kappa shape index (κ3) is 1.75. The third-order valence-electron chi connectivity index (χ3n) is 2.99. The number of hydrogen-bond donors (Lipinski definition) is 2. The van der Waals surface area contributed by atoms with E-state index in [0.29, 0.717) is 5.69 Å². The SMILES string of the molecule is Cn1nc(CC(N)=O)c2ccc3cnc(N)nc3c21. The summed E-state index contributed by atoms with van der Waals surface area (Å²) < 4.78 is 1.68. The van der Waals surface area contributed by atoms with E-state index < -0.39 is 5.91 Å². The molecule has 0 aliphatic carbocycles. The molecule has 0 saturated heterocycles. The summed E-state index contributed by atoms with van der Waals surface area (Å²) in [5.74, 6) is -0.208. The van der Waals surface area contributed by atoms with Gasteiger partial charge in [0.1, 0.15) is 5.52 Å². The van der Waals surface area contributed by atoms with Gasteiger partial charge in [0.25, 0.3) is 0 Å². The summed E-state index contributed by atoms with van der Waals surface area (Å²) in [6, 6.07) is 3.77. The molecule has 0 radical (unpaired) electrons. The molecule has 19 heavy (non-hydrogen) atoms. The average Bonchev–Trinajstić information content (AvgIpc) is 2.65. The normalized spacial score (nSPS) is 11.2. The molecule has 4 N–H and O–H groups in total. The van der Waals surface area contributed by atoms with Crippen molar-refractivity contribution in [1.82, 2.24) is 19.7 Å². The minimum Gasteiger partial charge on any atom is -0.369 e. The first kappa shape index (κ1) is 11.4. The van der Waals surface area contributed by atoms with Gasteiger partial charge in [0, 0.05) is 24.0 Å². The van der Waals surface area contributed by atoms with Gasteiger partial charge < -0.3 is 11.5 Å². The van der Waals surface area contributed by atoms with E-state index in [1.54, 1.807) is 17.9 Å². The topological polar surface area (TPSA) is 113 Å². The number of nitrogen functional groups attached to an aromatic ring is 1. The van der Waals surface area contributed by atoms with Crippen molar-refractivity contribution in [3.05, 3.63) is 24.0 Å². The fraction of sp³-hybridized carbons (Fsp3) is 0.167. The van der Waals surface area contributed by atoms with Crippen LogP contribution in [0.15, 0.2) is 18.3 Å². The summed E-state index contributed by atoms with van der Waals surface area (Å²) in [6.45, 7) is 0. The molecule has 96 valence electrons. The number of amides is 1. The smallest absolute Gasteiger partial charge is 0.223 e. The summed E-state index contributed by atoms with van der Waals surface area (Å²) in [5.41, 5.74) is 13.0. The lowest BCUT2D eigenvalue weighted by molar-refractivity contribution is -0.117. The van der Waals surface area contributed by atoms with Crippen molar-refractivity contribution in [2.75, 3.05) is 5.73 Å². The number of anilines is 1. The lowest BCUT2D eigenvalue weighted by Crippen LogP contribution is -2.14. The number of fused-ring (bicyclic) bond motifs is 3. The van der Waals surface area contributed by atoms with Crippen molar-refractivity contribution < 1.29 is 4.79 Å². The van der Waals surface area contributed by atoms with Gasteiger partial charge in [-0.25, -0.2) is 9.97 Å². The van der Waals surface area contributed by atoms with Gasteiger partial charge >= 0.3 is 0 Å². The molecule has 2 aromatic heterocycles. The minimum atomic E-state index is -0.415. The van der Waals surface area contributed by atoms with E-state index >= 15 is 0 Å². The standard InChI is InChI=1S/C12H12N6O/c1-18-11-7(8(17-18)4-9(13)19)3-2-6-5-15-12(14)16-10(6)11/h2-3,5H,4H2,1H3,(H2,13,19)(H2,14,15,16). The Morgan fingerprint density at radius 3 is 2.95 bits per heavy atom. The van der Waals surface area contributed by atoms with Crippen molar-refractivity contribution in [2.24, 2.45) is 12.8 Å². The first-order chi connectivity index (χ1) is 9.06. The molecule has 0 saturated carbocycles. The molecule has 7 heteroatoms. The van der Waals surface area contributed by atoms with Crippen LogP contribution in [0.5, 0.6) is 0 Å². The van der Waals surface area contributed by atoms with Crippen LogP contribution in [0.2, 0.25) is 0 Å². The van der Waals surface area contributed by atoms with Crippen molar-refractivity contribution in [1.29, 1.82) is 0 Å². The van der Waals surface area contributed by atoms with Crippen LogP contribution < -0.4 is 11.5 Å². The highest BCUT2D eigenvalue weighted by atomic mass is 16.1. The Morgan fingerprint density at radius 2 is 2.21 bits per heavy atom. The number of benzene rings is 1. The van der Waals surface area contributed by atoms with Gasteiger partial charge in [-0.05, 0) is 0 Å². The summed E-state index contributed by atoms with van der Waals surface area (Å²) in [4.78, 5) is 19.3. The van der Waals surface area contributed by atoms with Crippen LogP contribution in [0, 0.1) is 0 Å². The summed E-state index contributed by atoms with van der Waals surface area (Å²) in [5, 5.41) is 6.05. The van der Waals surface area contributed by atoms with Crippen LogP contribution in [0.25, 0.3) is 21.8 Å². The van der Waals surface area contributed by atoms with Gasteiger partial charge in [0.15, 0.2) is 0 Å². The molecule has 0 aliphatic heterocycles. The molecule has 0 aliphatic rings. The maximum atomic E-state index is 11.1. The molecule has 3 rings (SSSR count). The molecule has 0 bridgehead atoms. The zero-order valence-electron chi connectivity index (χ0n) is 10.3. The predicted octanol–water partition coefficient (Wildman–Crippen LogP) is 0.127. The van der Waals surface area contributed by atoms with Crippen LogP contribution in [0.4, 0.5) is 5.95 Å². The Hall–Kier alpha value is -2.70. The molecule has 0 unspecified atom stereocenters. The molecule has 0 fully saturated rings. The van der Waals surface area contributed by atoms with Crippen molar-refractivity contribution in [3.63, 3.8) is 0 Å². The molecule has 0 atom stereocenters. The maximum absolute atomic E-state index is 11.1. The van der Waals surface area contributed by atoms with Crippen LogP contribution in [-0.2, 0) is 18.3 Å². The Bertz CT molecular complexity index is 807. The lowest BCUT2D eigenvalue weighted by Gasteiger charge is -2.01. The van der Waals surface area contributed by atoms with Gasteiger partial charge in [0.05, 0.1) is 17.6 Å². The average molecular weight is 256 g/mol. The van der Waals surface area contributed by atoms with Crippen molar-refractivity contribution in [3.8, 4) is 0 Å². The number of carbonyl (C=O) groups is 1. The molecule has 1 aromatic carbocycles. The maximum Gasteiger partial charge on any atom is 0.223 e. The molecule has 1 amide bonds. The highest BCUT2D eigenvalue weighted by Crippen LogP contribution is 2.26. The molecule has 3 aromatic rings. The highest BCUT2D eigenvalue weighted by Gasteiger charge is 2.14. The fourth-order valence-corrected chi connectivity index (χ4v) is 2.24. The zero-order chi connectivity index (χ0) is 13.6. The first-order valence-corrected chi connectivity index (χ1v) is 5.71. The summed E-state index contributed by atoms with van der Waals surface area (Å²) in [7, 11) is 1.80.